The van der Waals surface area contributed by atoms with Crippen LogP contribution in [0.3, 0.4) is 0 Å². The van der Waals surface area contributed by atoms with Gasteiger partial charge in [0.15, 0.2) is 0 Å². The van der Waals surface area contributed by atoms with E-state index in [0.717, 1.165) is 46.9 Å². The van der Waals surface area contributed by atoms with E-state index in [1.165, 1.54) is 16.5 Å². The summed E-state index contributed by atoms with van der Waals surface area (Å²) in [6, 6.07) is 3.90. The van der Waals surface area contributed by atoms with Gasteiger partial charge in [-0.2, -0.15) is 13.2 Å². The molecule has 0 unspecified atom stereocenters. The molecule has 1 aliphatic carbocycles. The normalized spacial score (nSPS) is 16.4. The van der Waals surface area contributed by atoms with Crippen molar-refractivity contribution in [3.63, 3.8) is 0 Å². The Morgan fingerprint density at radius 2 is 2.00 bits per heavy atom. The molecule has 26 heavy (non-hydrogen) atoms. The summed E-state index contributed by atoms with van der Waals surface area (Å²) in [5.41, 5.74) is 10.1. The van der Waals surface area contributed by atoms with Gasteiger partial charge in [0, 0.05) is 16.3 Å². The molecule has 1 aliphatic rings. The van der Waals surface area contributed by atoms with Crippen LogP contribution in [-0.2, 0) is 25.6 Å². The molecule has 0 bridgehead atoms. The van der Waals surface area contributed by atoms with Gasteiger partial charge < -0.3 is 5.73 Å². The van der Waals surface area contributed by atoms with E-state index < -0.39 is 11.7 Å². The number of rotatable bonds is 3. The van der Waals surface area contributed by atoms with Crippen LogP contribution in [0, 0.1) is 5.41 Å². The predicted octanol–water partition coefficient (Wildman–Crippen LogP) is 6.44. The van der Waals surface area contributed by atoms with Crippen LogP contribution >= 0.6 is 11.3 Å². The molecule has 0 aliphatic heterocycles. The van der Waals surface area contributed by atoms with Crippen molar-refractivity contribution in [1.82, 2.24) is 0 Å². The molecule has 0 fully saturated rings. The summed E-state index contributed by atoms with van der Waals surface area (Å²) in [6.07, 6.45) is -1.27. The zero-order chi connectivity index (χ0) is 19.3. The summed E-state index contributed by atoms with van der Waals surface area (Å²) in [5.74, 6) is 0. The average molecular weight is 379 g/mol. The van der Waals surface area contributed by atoms with Crippen molar-refractivity contribution in [2.24, 2.45) is 11.1 Å². The van der Waals surface area contributed by atoms with Gasteiger partial charge in [0.1, 0.15) is 0 Å². The van der Waals surface area contributed by atoms with Gasteiger partial charge in [-0.15, -0.1) is 11.3 Å². The van der Waals surface area contributed by atoms with E-state index in [2.05, 4.69) is 20.4 Å². The standard InChI is InChI=1S/C21H24F3NS/c1-12(2)18-16-10-20(3,4)8-7-17(16)26-19(18)15-6-5-14(21(22,23)24)9-13(15)11-25/h5-6,9H,1,7-8,10-11,25H2,2-4H3. The molecule has 2 N–H and O–H groups in total. The average Bonchev–Trinajstić information content (AvgIpc) is 2.90. The van der Waals surface area contributed by atoms with Crippen LogP contribution in [0.25, 0.3) is 16.0 Å². The van der Waals surface area contributed by atoms with Crippen LogP contribution in [0.4, 0.5) is 13.2 Å². The lowest BCUT2D eigenvalue weighted by Gasteiger charge is -2.30. The van der Waals surface area contributed by atoms with Crippen LogP contribution in [-0.4, -0.2) is 0 Å². The number of benzene rings is 1. The fourth-order valence-corrected chi connectivity index (χ4v) is 5.18. The molecule has 0 amide bonds. The number of thiophene rings is 1. The van der Waals surface area contributed by atoms with Gasteiger partial charge in [-0.25, -0.2) is 0 Å². The second-order valence-electron chi connectivity index (χ2n) is 7.90. The van der Waals surface area contributed by atoms with Crippen molar-refractivity contribution in [2.45, 2.75) is 52.8 Å². The highest BCUT2D eigenvalue weighted by atomic mass is 32.1. The predicted molar refractivity (Wildman–Crippen MR) is 103 cm³/mol. The van der Waals surface area contributed by atoms with E-state index in [4.69, 9.17) is 5.73 Å². The van der Waals surface area contributed by atoms with Crippen molar-refractivity contribution >= 4 is 16.9 Å². The van der Waals surface area contributed by atoms with Gasteiger partial charge in [0.25, 0.3) is 0 Å². The molecule has 1 heterocycles. The van der Waals surface area contributed by atoms with Gasteiger partial charge in [-0.3, -0.25) is 0 Å². The van der Waals surface area contributed by atoms with Crippen molar-refractivity contribution < 1.29 is 13.2 Å². The molecule has 5 heteroatoms. The number of halogens is 3. The fourth-order valence-electron chi connectivity index (χ4n) is 3.72. The third kappa shape index (κ3) is 3.47. The van der Waals surface area contributed by atoms with E-state index >= 15 is 0 Å². The zero-order valence-electron chi connectivity index (χ0n) is 15.4. The molecule has 1 aromatic heterocycles. The fraction of sp³-hybridized carbons (Fsp3) is 0.429. The molecule has 1 aromatic carbocycles. The quantitative estimate of drug-likeness (QED) is 0.652. The van der Waals surface area contributed by atoms with Gasteiger partial charge in [0.2, 0.25) is 0 Å². The Morgan fingerprint density at radius 3 is 2.58 bits per heavy atom. The number of hydrogen-bond donors (Lipinski definition) is 1. The van der Waals surface area contributed by atoms with Gasteiger partial charge >= 0.3 is 6.18 Å². The van der Waals surface area contributed by atoms with E-state index in [1.54, 1.807) is 17.4 Å². The summed E-state index contributed by atoms with van der Waals surface area (Å²) < 4.78 is 39.2. The Kier molecular flexibility index (Phi) is 4.82. The molecular formula is C21H24F3NS. The highest BCUT2D eigenvalue weighted by Gasteiger charge is 2.33. The lowest BCUT2D eigenvalue weighted by Crippen LogP contribution is -2.21. The van der Waals surface area contributed by atoms with Crippen molar-refractivity contribution in [3.8, 4) is 10.4 Å². The molecule has 0 saturated carbocycles. The molecule has 3 rings (SSSR count). The maximum atomic E-state index is 13.1. The third-order valence-corrected chi connectivity index (χ3v) is 6.42. The highest BCUT2D eigenvalue weighted by Crippen LogP contribution is 2.48. The lowest BCUT2D eigenvalue weighted by molar-refractivity contribution is -0.137. The van der Waals surface area contributed by atoms with E-state index in [-0.39, 0.29) is 12.0 Å². The Bertz CT molecular complexity index is 859. The first-order chi connectivity index (χ1) is 12.0. The summed E-state index contributed by atoms with van der Waals surface area (Å²) in [4.78, 5) is 2.34. The van der Waals surface area contributed by atoms with Crippen molar-refractivity contribution in [1.29, 1.82) is 0 Å². The summed E-state index contributed by atoms with van der Waals surface area (Å²) in [6.45, 7) is 10.7. The van der Waals surface area contributed by atoms with Gasteiger partial charge in [-0.1, -0.05) is 26.5 Å². The van der Waals surface area contributed by atoms with Crippen LogP contribution in [0.1, 0.15) is 54.3 Å². The topological polar surface area (TPSA) is 26.0 Å². The molecule has 0 saturated heterocycles. The zero-order valence-corrected chi connectivity index (χ0v) is 16.2. The van der Waals surface area contributed by atoms with Crippen molar-refractivity contribution in [2.75, 3.05) is 0 Å². The molecule has 0 atom stereocenters. The summed E-state index contributed by atoms with van der Waals surface area (Å²) >= 11 is 1.69. The number of aryl methyl sites for hydroxylation is 1. The third-order valence-electron chi connectivity index (χ3n) is 5.10. The lowest BCUT2D eigenvalue weighted by atomic mass is 9.75. The first kappa shape index (κ1) is 19.2. The smallest absolute Gasteiger partial charge is 0.326 e. The monoisotopic (exact) mass is 379 g/mol. The van der Waals surface area contributed by atoms with E-state index in [0.29, 0.717) is 5.56 Å². The first-order valence-electron chi connectivity index (χ1n) is 8.74. The molecule has 140 valence electrons. The molecule has 0 radical (unpaired) electrons. The number of hydrogen-bond acceptors (Lipinski definition) is 2. The van der Waals surface area contributed by atoms with Crippen LogP contribution < -0.4 is 5.73 Å². The first-order valence-corrected chi connectivity index (χ1v) is 9.56. The Morgan fingerprint density at radius 1 is 1.31 bits per heavy atom. The summed E-state index contributed by atoms with van der Waals surface area (Å²) in [5, 5.41) is 0. The van der Waals surface area contributed by atoms with Crippen molar-refractivity contribution in [3.05, 3.63) is 51.9 Å². The van der Waals surface area contributed by atoms with Gasteiger partial charge in [0.05, 0.1) is 5.56 Å². The Hall–Kier alpha value is -1.59. The second kappa shape index (κ2) is 6.54. The van der Waals surface area contributed by atoms with E-state index in [9.17, 15) is 13.2 Å². The van der Waals surface area contributed by atoms with Crippen LogP contribution in [0.15, 0.2) is 24.8 Å². The van der Waals surface area contributed by atoms with Crippen LogP contribution in [0.2, 0.25) is 0 Å². The largest absolute Gasteiger partial charge is 0.416 e. The highest BCUT2D eigenvalue weighted by molar-refractivity contribution is 7.16. The Labute approximate surface area is 156 Å². The second-order valence-corrected chi connectivity index (χ2v) is 9.01. The maximum Gasteiger partial charge on any atom is 0.416 e. The minimum Gasteiger partial charge on any atom is -0.326 e. The number of nitrogens with two attached hydrogens (primary N) is 1. The maximum absolute atomic E-state index is 13.1. The Balaban J connectivity index is 2.19. The summed E-state index contributed by atoms with van der Waals surface area (Å²) in [7, 11) is 0. The van der Waals surface area contributed by atoms with E-state index in [1.807, 2.05) is 6.92 Å². The molecule has 0 spiro atoms. The molecule has 1 nitrogen and oxygen atoms in total. The van der Waals surface area contributed by atoms with Crippen LogP contribution in [0.5, 0.6) is 0 Å². The number of fused-ring (bicyclic) bond motifs is 1. The number of allylic oxidation sites excluding steroid dienone is 1. The van der Waals surface area contributed by atoms with Gasteiger partial charge in [-0.05, 0) is 71.6 Å². The molecule has 2 aromatic rings. The SMILES string of the molecule is C=C(C)c1c(-c2ccc(C(F)(F)F)cc2CN)sc2c1CC(C)(C)CC2. The minimum atomic E-state index is -4.36. The minimum absolute atomic E-state index is 0.0724. The molecular weight excluding hydrogens is 355 g/mol. The number of alkyl halides is 3.